The Morgan fingerprint density at radius 1 is 1.44 bits per heavy atom. The van der Waals surface area contributed by atoms with Gasteiger partial charge in [0, 0.05) is 37.5 Å². The number of aliphatic hydroxyl groups is 2. The minimum atomic E-state index is -1.23. The summed E-state index contributed by atoms with van der Waals surface area (Å²) in [6.07, 6.45) is 1.45. The Hall–Kier alpha value is -1.54. The largest absolute Gasteiger partial charge is 0.469 e. The zero-order valence-corrected chi connectivity index (χ0v) is 15.1. The lowest BCUT2D eigenvalue weighted by atomic mass is 9.91. The van der Waals surface area contributed by atoms with Gasteiger partial charge >= 0.3 is 5.97 Å². The highest BCUT2D eigenvalue weighted by molar-refractivity contribution is 5.84. The Morgan fingerprint density at radius 2 is 1.96 bits per heavy atom. The Labute approximate surface area is 149 Å². The molecule has 1 fully saturated rings. The van der Waals surface area contributed by atoms with Crippen molar-refractivity contribution in [1.29, 1.82) is 0 Å². The summed E-state index contributed by atoms with van der Waals surface area (Å²) in [5, 5.41) is 28.2. The molecule has 0 spiro atoms. The van der Waals surface area contributed by atoms with Crippen LogP contribution in [0.25, 0.3) is 0 Å². The monoisotopic (exact) mass is 363 g/mol. The molecule has 0 aromatic rings. The number of methoxy groups -OCH3 is 1. The Balaban J connectivity index is 0. The maximum absolute atomic E-state index is 11.1. The number of ether oxygens (including phenoxy) is 1. The predicted molar refractivity (Wildman–Crippen MR) is 93.6 cm³/mol. The quantitative estimate of drug-likeness (QED) is 0.418. The van der Waals surface area contributed by atoms with Crippen molar-refractivity contribution < 1.29 is 29.5 Å². The maximum atomic E-state index is 11.1. The minimum absolute atomic E-state index is 0. The molecular weight excluding hydrogens is 330 g/mol. The van der Waals surface area contributed by atoms with Crippen molar-refractivity contribution in [2.45, 2.75) is 59.9 Å². The van der Waals surface area contributed by atoms with E-state index in [0.717, 1.165) is 6.42 Å². The fraction of sp³-hybridized carbons (Fsp3) is 0.882. The number of hydrogen-bond donors (Lipinski definition) is 2. The van der Waals surface area contributed by atoms with Gasteiger partial charge in [-0.1, -0.05) is 21.3 Å². The van der Waals surface area contributed by atoms with Gasteiger partial charge < -0.3 is 14.9 Å². The molecule has 8 heteroatoms. The van der Waals surface area contributed by atoms with Gasteiger partial charge in [0.05, 0.1) is 26.2 Å². The maximum Gasteiger partial charge on any atom is 0.311 e. The Bertz CT molecular complexity index is 460. The van der Waals surface area contributed by atoms with Gasteiger partial charge in [-0.3, -0.25) is 19.7 Å². The van der Waals surface area contributed by atoms with Crippen molar-refractivity contribution >= 4 is 11.8 Å². The molecule has 0 heterocycles. The predicted octanol–water partition coefficient (Wildman–Crippen LogP) is 1.83. The van der Waals surface area contributed by atoms with E-state index in [1.54, 1.807) is 0 Å². The molecule has 0 aliphatic heterocycles. The number of Topliss-reactive ketones (excluding diaryl/α,β-unsaturated/α-hetero) is 1. The van der Waals surface area contributed by atoms with Crippen molar-refractivity contribution in [3.63, 3.8) is 0 Å². The third kappa shape index (κ3) is 8.40. The number of hydrogen-bond acceptors (Lipinski definition) is 7. The van der Waals surface area contributed by atoms with E-state index in [4.69, 9.17) is 10.2 Å². The van der Waals surface area contributed by atoms with Crippen LogP contribution in [0.3, 0.4) is 0 Å². The van der Waals surface area contributed by atoms with E-state index in [0.29, 0.717) is 6.42 Å². The molecule has 0 bridgehead atoms. The molecule has 2 N–H and O–H groups in total. The summed E-state index contributed by atoms with van der Waals surface area (Å²) in [7, 11) is 1.18. The highest BCUT2D eigenvalue weighted by atomic mass is 16.6. The molecule has 0 amide bonds. The molecule has 148 valence electrons. The van der Waals surface area contributed by atoms with Crippen LogP contribution in [0.2, 0.25) is 0 Å². The van der Waals surface area contributed by atoms with Gasteiger partial charge in [0.25, 0.3) is 0 Å². The van der Waals surface area contributed by atoms with Crippen LogP contribution in [-0.4, -0.2) is 52.8 Å². The van der Waals surface area contributed by atoms with Crippen molar-refractivity contribution in [3.05, 3.63) is 10.1 Å². The van der Waals surface area contributed by atoms with Crippen LogP contribution in [0.1, 0.15) is 54.4 Å². The number of aliphatic hydroxyl groups excluding tert-OH is 2. The molecule has 2 unspecified atom stereocenters. The standard InChI is InChI=1S/C8H15NO5.C8H14O2.CH4/c1-8(2,9(12)13)4-6(5-10)7(11)14-3;1-8(2)3-6(5-9)7(10)4-8;/h6,10H,4-5H2,1-3H3;6,9H,3-5H2,1-2H3;1H4. The summed E-state index contributed by atoms with van der Waals surface area (Å²) in [5.74, 6) is -1.30. The summed E-state index contributed by atoms with van der Waals surface area (Å²) < 4.78 is 4.41. The number of esters is 1. The second kappa shape index (κ2) is 10.5. The van der Waals surface area contributed by atoms with Crippen LogP contribution in [-0.2, 0) is 14.3 Å². The summed E-state index contributed by atoms with van der Waals surface area (Å²) in [6, 6.07) is 0. The highest BCUT2D eigenvalue weighted by Crippen LogP contribution is 2.37. The molecule has 0 radical (unpaired) electrons. The average molecular weight is 363 g/mol. The van der Waals surface area contributed by atoms with E-state index in [1.165, 1.54) is 21.0 Å². The number of ketones is 1. The number of nitrogens with zero attached hydrogens (tertiary/aromatic N) is 1. The third-order valence-corrected chi connectivity index (χ3v) is 4.12. The van der Waals surface area contributed by atoms with Crippen LogP contribution >= 0.6 is 0 Å². The van der Waals surface area contributed by atoms with Crippen molar-refractivity contribution in [1.82, 2.24) is 0 Å². The van der Waals surface area contributed by atoms with Gasteiger partial charge in [0.15, 0.2) is 0 Å². The number of rotatable bonds is 6. The van der Waals surface area contributed by atoms with Crippen LogP contribution < -0.4 is 0 Å². The van der Waals surface area contributed by atoms with Gasteiger partial charge in [-0.15, -0.1) is 0 Å². The number of carbonyl (C=O) groups excluding carboxylic acids is 2. The molecule has 1 aliphatic rings. The highest BCUT2D eigenvalue weighted by Gasteiger charge is 2.37. The zero-order valence-electron chi connectivity index (χ0n) is 15.1. The van der Waals surface area contributed by atoms with Gasteiger partial charge in [-0.2, -0.15) is 0 Å². The molecular formula is C17H33NO7. The van der Waals surface area contributed by atoms with Crippen LogP contribution in [0.5, 0.6) is 0 Å². The first-order valence-corrected chi connectivity index (χ1v) is 7.87. The van der Waals surface area contributed by atoms with E-state index < -0.39 is 29.0 Å². The Kier molecular flexibility index (Phi) is 10.7. The van der Waals surface area contributed by atoms with Crippen LogP contribution in [0.4, 0.5) is 0 Å². The molecule has 0 saturated heterocycles. The van der Waals surface area contributed by atoms with Crippen molar-refractivity contribution in [2.24, 2.45) is 17.3 Å². The molecule has 25 heavy (non-hydrogen) atoms. The lowest BCUT2D eigenvalue weighted by Gasteiger charge is -2.19. The van der Waals surface area contributed by atoms with Crippen LogP contribution in [0.15, 0.2) is 0 Å². The average Bonchev–Trinajstić information content (AvgIpc) is 2.76. The first-order chi connectivity index (χ1) is 10.9. The SMILES string of the molecule is C.CC1(C)CC(=O)C(CO)C1.COC(=O)C(CO)CC(C)(C)[N+](=O)[O-]. The zero-order chi connectivity index (χ0) is 19.1. The molecule has 8 nitrogen and oxygen atoms in total. The van der Waals surface area contributed by atoms with Gasteiger partial charge in [-0.25, -0.2) is 0 Å². The van der Waals surface area contributed by atoms with E-state index >= 15 is 0 Å². The summed E-state index contributed by atoms with van der Waals surface area (Å²) in [5.41, 5.74) is -1.11. The number of carbonyl (C=O) groups is 2. The molecule has 1 rings (SSSR count). The first kappa shape index (κ1) is 25.7. The van der Waals surface area contributed by atoms with Crippen LogP contribution in [0, 0.1) is 27.4 Å². The number of nitro groups is 1. The lowest BCUT2D eigenvalue weighted by Crippen LogP contribution is -2.37. The molecule has 1 aliphatic carbocycles. The second-order valence-corrected chi connectivity index (χ2v) is 7.57. The molecule has 2 atom stereocenters. The van der Waals surface area contributed by atoms with Gasteiger partial charge in [0.2, 0.25) is 5.54 Å². The third-order valence-electron chi connectivity index (χ3n) is 4.12. The normalized spacial score (nSPS) is 20.0. The van der Waals surface area contributed by atoms with E-state index in [1.807, 2.05) is 0 Å². The molecule has 1 saturated carbocycles. The summed E-state index contributed by atoms with van der Waals surface area (Å²) >= 11 is 0. The van der Waals surface area contributed by atoms with Gasteiger partial charge in [-0.05, 0) is 11.8 Å². The Morgan fingerprint density at radius 3 is 2.20 bits per heavy atom. The van der Waals surface area contributed by atoms with E-state index in [9.17, 15) is 19.7 Å². The topological polar surface area (TPSA) is 127 Å². The lowest BCUT2D eigenvalue weighted by molar-refractivity contribution is -0.562. The fourth-order valence-corrected chi connectivity index (χ4v) is 2.70. The summed E-state index contributed by atoms with van der Waals surface area (Å²) in [4.78, 5) is 32.2. The second-order valence-electron chi connectivity index (χ2n) is 7.57. The fourth-order valence-electron chi connectivity index (χ4n) is 2.70. The summed E-state index contributed by atoms with van der Waals surface area (Å²) in [6.45, 7) is 6.53. The molecule has 0 aromatic carbocycles. The molecule has 0 aromatic heterocycles. The van der Waals surface area contributed by atoms with E-state index in [2.05, 4.69) is 18.6 Å². The smallest absolute Gasteiger partial charge is 0.311 e. The van der Waals surface area contributed by atoms with E-state index in [-0.39, 0.29) is 37.6 Å². The van der Waals surface area contributed by atoms with Crippen molar-refractivity contribution in [3.8, 4) is 0 Å². The van der Waals surface area contributed by atoms with Crippen molar-refractivity contribution in [2.75, 3.05) is 20.3 Å². The van der Waals surface area contributed by atoms with Gasteiger partial charge in [0.1, 0.15) is 5.78 Å². The first-order valence-electron chi connectivity index (χ1n) is 7.87. The minimum Gasteiger partial charge on any atom is -0.469 e.